The van der Waals surface area contributed by atoms with Crippen molar-refractivity contribution >= 4 is 34.9 Å². The third kappa shape index (κ3) is 4.18. The van der Waals surface area contributed by atoms with Crippen molar-refractivity contribution < 1.29 is 19.1 Å². The highest BCUT2D eigenvalue weighted by molar-refractivity contribution is 6.31. The number of fused-ring (bicyclic) bond motifs is 1. The zero-order valence-electron chi connectivity index (χ0n) is 19.7. The number of halogens is 2. The first-order valence-electron chi connectivity index (χ1n) is 11.8. The van der Waals surface area contributed by atoms with E-state index in [1.54, 1.807) is 41.4 Å². The van der Waals surface area contributed by atoms with Gasteiger partial charge < -0.3 is 15.0 Å². The van der Waals surface area contributed by atoms with Gasteiger partial charge in [0.25, 0.3) is 0 Å². The minimum Gasteiger partial charge on any atom is -0.465 e. The van der Waals surface area contributed by atoms with E-state index in [1.165, 1.54) is 23.2 Å². The molecule has 1 saturated heterocycles. The Kier molecular flexibility index (Phi) is 5.87. The predicted octanol–water partition coefficient (Wildman–Crippen LogP) is 4.45. The lowest BCUT2D eigenvalue weighted by atomic mass is 9.92. The van der Waals surface area contributed by atoms with Gasteiger partial charge in [-0.1, -0.05) is 23.7 Å². The van der Waals surface area contributed by atoms with Crippen molar-refractivity contribution in [2.45, 2.75) is 31.3 Å². The van der Waals surface area contributed by atoms with Gasteiger partial charge >= 0.3 is 6.09 Å². The highest BCUT2D eigenvalue weighted by Gasteiger charge is 2.42. The number of nitrogens with one attached hydrogen (secondary N) is 2. The molecular formula is C25H20ClFN8O3. The molecule has 6 rings (SSSR count). The summed E-state index contributed by atoms with van der Waals surface area (Å²) in [6, 6.07) is 9.55. The monoisotopic (exact) mass is 534 g/mol. The molecule has 0 radical (unpaired) electrons. The summed E-state index contributed by atoms with van der Waals surface area (Å²) in [7, 11) is 0. The molecule has 2 aliphatic heterocycles. The van der Waals surface area contributed by atoms with Crippen molar-refractivity contribution in [3.05, 3.63) is 77.2 Å². The normalized spacial score (nSPS) is 18.8. The smallest absolute Gasteiger partial charge is 0.409 e. The van der Waals surface area contributed by atoms with Gasteiger partial charge in [0.05, 0.1) is 28.6 Å². The quantitative estimate of drug-likeness (QED) is 0.343. The Morgan fingerprint density at radius 3 is 2.74 bits per heavy atom. The van der Waals surface area contributed by atoms with Crippen molar-refractivity contribution in [2.24, 2.45) is 0 Å². The van der Waals surface area contributed by atoms with E-state index in [9.17, 15) is 9.59 Å². The molecule has 0 aliphatic carbocycles. The predicted molar refractivity (Wildman–Crippen MR) is 135 cm³/mol. The molecule has 0 saturated carbocycles. The summed E-state index contributed by atoms with van der Waals surface area (Å²) in [5.74, 6) is -0.200. The van der Waals surface area contributed by atoms with Crippen molar-refractivity contribution in [3.8, 4) is 16.9 Å². The van der Waals surface area contributed by atoms with Gasteiger partial charge in [0.15, 0.2) is 5.82 Å². The molecule has 1 unspecified atom stereocenters. The SMILES string of the molecule is O=C(O)Nc1ccc(-c2cnc([C@@H]3CCC4CC(c5c(-n6cnnn6)ccc(Cl)c5F)=CC(=O)N43)[nH]2)cc1. The third-order valence-electron chi connectivity index (χ3n) is 6.86. The fourth-order valence-corrected chi connectivity index (χ4v) is 5.37. The Morgan fingerprint density at radius 2 is 2.00 bits per heavy atom. The number of amides is 2. The number of hydrogen-bond donors (Lipinski definition) is 3. The first-order chi connectivity index (χ1) is 18.4. The molecule has 11 nitrogen and oxygen atoms in total. The average Bonchev–Trinajstić information content (AvgIpc) is 3.66. The first-order valence-corrected chi connectivity index (χ1v) is 12.2. The van der Waals surface area contributed by atoms with E-state index in [1.807, 2.05) is 0 Å². The number of carbonyl (C=O) groups is 2. The topological polar surface area (TPSA) is 142 Å². The van der Waals surface area contributed by atoms with Crippen LogP contribution in [0.3, 0.4) is 0 Å². The Hall–Kier alpha value is -4.58. The van der Waals surface area contributed by atoms with E-state index >= 15 is 4.39 Å². The van der Waals surface area contributed by atoms with Crippen LogP contribution in [0.15, 0.2) is 55.0 Å². The van der Waals surface area contributed by atoms with Crippen LogP contribution in [-0.4, -0.2) is 58.2 Å². The standard InChI is InChI=1S/C25H20ClFN8O3/c26-17-6-8-19(34-12-29-32-33-34)22(23(17)27)14-9-16-5-7-20(35(16)21(36)10-14)24-28-11-18(31-24)13-1-3-15(4-2-13)30-25(37)38/h1-4,6,8,10-12,16,20,30H,5,7,9H2,(H,28,31)(H,37,38)/t16?,20-/m0/s1. The van der Waals surface area contributed by atoms with Crippen molar-refractivity contribution in [2.75, 3.05) is 5.32 Å². The van der Waals surface area contributed by atoms with Crippen LogP contribution in [0.2, 0.25) is 5.02 Å². The molecule has 2 aromatic carbocycles. The van der Waals surface area contributed by atoms with Crippen LogP contribution in [0.25, 0.3) is 22.5 Å². The molecule has 192 valence electrons. The van der Waals surface area contributed by atoms with Gasteiger partial charge in [-0.3, -0.25) is 10.1 Å². The van der Waals surface area contributed by atoms with Crippen LogP contribution in [-0.2, 0) is 4.79 Å². The van der Waals surface area contributed by atoms with Gasteiger partial charge in [0.2, 0.25) is 5.91 Å². The summed E-state index contributed by atoms with van der Waals surface area (Å²) in [4.78, 5) is 33.9. The van der Waals surface area contributed by atoms with Gasteiger partial charge in [0.1, 0.15) is 12.2 Å². The maximum Gasteiger partial charge on any atom is 0.409 e. The van der Waals surface area contributed by atoms with Crippen molar-refractivity contribution in [1.29, 1.82) is 0 Å². The summed E-state index contributed by atoms with van der Waals surface area (Å²) in [6.07, 6.45) is 5.24. The summed E-state index contributed by atoms with van der Waals surface area (Å²) >= 11 is 6.10. The number of rotatable bonds is 5. The number of carboxylic acid groups (broad SMARTS) is 1. The molecule has 38 heavy (non-hydrogen) atoms. The van der Waals surface area contributed by atoms with E-state index in [4.69, 9.17) is 16.7 Å². The molecule has 0 bridgehead atoms. The average molecular weight is 535 g/mol. The second-order valence-electron chi connectivity index (χ2n) is 9.07. The van der Waals surface area contributed by atoms with Gasteiger partial charge in [-0.05, 0) is 65.1 Å². The molecule has 2 aromatic heterocycles. The zero-order chi connectivity index (χ0) is 26.4. The van der Waals surface area contributed by atoms with Crippen LogP contribution in [0.1, 0.15) is 36.7 Å². The van der Waals surface area contributed by atoms with Crippen LogP contribution >= 0.6 is 11.6 Å². The maximum absolute atomic E-state index is 15.3. The highest BCUT2D eigenvalue weighted by atomic mass is 35.5. The molecule has 2 aliphatic rings. The zero-order valence-corrected chi connectivity index (χ0v) is 20.4. The van der Waals surface area contributed by atoms with Crippen LogP contribution in [0.4, 0.5) is 14.9 Å². The molecule has 4 aromatic rings. The number of hydrogen-bond acceptors (Lipinski definition) is 6. The summed E-state index contributed by atoms with van der Waals surface area (Å²) in [5, 5.41) is 22.3. The number of benzene rings is 2. The van der Waals surface area contributed by atoms with Crippen LogP contribution in [0.5, 0.6) is 0 Å². The summed E-state index contributed by atoms with van der Waals surface area (Å²) in [5.41, 5.74) is 3.19. The van der Waals surface area contributed by atoms with Gasteiger partial charge in [-0.2, -0.15) is 4.68 Å². The Balaban J connectivity index is 1.27. The van der Waals surface area contributed by atoms with E-state index < -0.39 is 11.9 Å². The second-order valence-corrected chi connectivity index (χ2v) is 9.47. The number of imidazole rings is 1. The minimum atomic E-state index is -1.13. The molecule has 0 spiro atoms. The summed E-state index contributed by atoms with van der Waals surface area (Å²) in [6.45, 7) is 0. The second kappa shape index (κ2) is 9.38. The minimum absolute atomic E-state index is 0.0493. The molecule has 1 fully saturated rings. The number of H-pyrrole nitrogens is 1. The van der Waals surface area contributed by atoms with E-state index in [0.29, 0.717) is 35.6 Å². The van der Waals surface area contributed by atoms with Crippen LogP contribution < -0.4 is 5.32 Å². The molecule has 13 heteroatoms. The maximum atomic E-state index is 15.3. The van der Waals surface area contributed by atoms with Gasteiger partial charge in [0, 0.05) is 23.4 Å². The van der Waals surface area contributed by atoms with E-state index in [0.717, 1.165) is 17.7 Å². The number of nitrogens with zero attached hydrogens (tertiary/aromatic N) is 6. The molecule has 2 atom stereocenters. The summed E-state index contributed by atoms with van der Waals surface area (Å²) < 4.78 is 16.6. The lowest BCUT2D eigenvalue weighted by molar-refractivity contribution is -0.129. The van der Waals surface area contributed by atoms with Gasteiger partial charge in [-0.25, -0.2) is 14.2 Å². The van der Waals surface area contributed by atoms with Gasteiger partial charge in [-0.15, -0.1) is 5.10 Å². The largest absolute Gasteiger partial charge is 0.465 e. The fourth-order valence-electron chi connectivity index (χ4n) is 5.21. The van der Waals surface area contributed by atoms with E-state index in [2.05, 4.69) is 30.8 Å². The first kappa shape index (κ1) is 23.8. The number of anilines is 1. The van der Waals surface area contributed by atoms with Crippen molar-refractivity contribution in [3.63, 3.8) is 0 Å². The molecule has 3 N–H and O–H groups in total. The van der Waals surface area contributed by atoms with E-state index in [-0.39, 0.29) is 28.6 Å². The number of carbonyl (C=O) groups excluding carboxylic acids is 1. The number of tetrazole rings is 1. The Morgan fingerprint density at radius 1 is 1.18 bits per heavy atom. The lowest BCUT2D eigenvalue weighted by Crippen LogP contribution is -2.39. The van der Waals surface area contributed by atoms with Crippen LogP contribution in [0, 0.1) is 5.82 Å². The highest BCUT2D eigenvalue weighted by Crippen LogP contribution is 2.44. The molecule has 4 heterocycles. The molecular weight excluding hydrogens is 515 g/mol. The third-order valence-corrected chi connectivity index (χ3v) is 7.15. The Bertz CT molecular complexity index is 1570. The number of aromatic amines is 1. The lowest BCUT2D eigenvalue weighted by Gasteiger charge is -2.33. The fraction of sp³-hybridized carbons (Fsp3) is 0.200. The Labute approximate surface area is 219 Å². The number of aromatic nitrogens is 6. The van der Waals surface area contributed by atoms with Crippen molar-refractivity contribution in [1.82, 2.24) is 35.1 Å². The molecule has 2 amide bonds.